The fourth-order valence-electron chi connectivity index (χ4n) is 2.65. The molecule has 4 aromatic rings. The van der Waals surface area contributed by atoms with Crippen LogP contribution in [-0.2, 0) is 0 Å². The molecule has 0 aliphatic carbocycles. The molecular formula is C19H17N5O. The van der Waals surface area contributed by atoms with Crippen molar-refractivity contribution in [2.45, 2.75) is 0 Å². The van der Waals surface area contributed by atoms with Crippen molar-refractivity contribution in [2.75, 3.05) is 18.2 Å². The number of para-hydroxylation sites is 2. The monoisotopic (exact) mass is 331 g/mol. The van der Waals surface area contributed by atoms with Crippen LogP contribution < -0.4 is 15.8 Å². The van der Waals surface area contributed by atoms with Crippen molar-refractivity contribution < 1.29 is 4.74 Å². The summed E-state index contributed by atoms with van der Waals surface area (Å²) in [6.07, 6.45) is 1.95. The summed E-state index contributed by atoms with van der Waals surface area (Å²) in [4.78, 5) is 4.50. The summed E-state index contributed by atoms with van der Waals surface area (Å²) in [5, 5.41) is 7.70. The third-order valence-corrected chi connectivity index (χ3v) is 3.93. The first-order valence-corrected chi connectivity index (χ1v) is 7.85. The highest BCUT2D eigenvalue weighted by molar-refractivity contribution is 5.67. The molecule has 0 radical (unpaired) electrons. The quantitative estimate of drug-likeness (QED) is 0.557. The second-order valence-electron chi connectivity index (χ2n) is 5.60. The van der Waals surface area contributed by atoms with Crippen LogP contribution in [0.5, 0.6) is 5.75 Å². The Labute approximate surface area is 144 Å². The van der Waals surface area contributed by atoms with Crippen LogP contribution in [0.4, 0.5) is 17.3 Å². The zero-order valence-electron chi connectivity index (χ0n) is 13.7. The standard InChI is InChI=1S/C19H17N5O/c1-25-17-5-3-2-4-16(17)21-19-22-18-11-8-14(12-24(18)23-19)13-6-9-15(20)10-7-13/h2-12H,20H2,1H3,(H,21,23). The van der Waals surface area contributed by atoms with Crippen LogP contribution in [0.15, 0.2) is 66.9 Å². The van der Waals surface area contributed by atoms with E-state index in [0.29, 0.717) is 5.95 Å². The van der Waals surface area contributed by atoms with E-state index in [9.17, 15) is 0 Å². The van der Waals surface area contributed by atoms with E-state index in [0.717, 1.165) is 33.9 Å². The molecule has 25 heavy (non-hydrogen) atoms. The summed E-state index contributed by atoms with van der Waals surface area (Å²) >= 11 is 0. The van der Waals surface area contributed by atoms with Crippen LogP contribution in [0.3, 0.4) is 0 Å². The Bertz CT molecular complexity index is 1020. The number of benzene rings is 2. The van der Waals surface area contributed by atoms with Crippen LogP contribution in [0.1, 0.15) is 0 Å². The van der Waals surface area contributed by atoms with Gasteiger partial charge in [0.25, 0.3) is 0 Å². The number of rotatable bonds is 4. The van der Waals surface area contributed by atoms with Crippen LogP contribution in [0.2, 0.25) is 0 Å². The Balaban J connectivity index is 1.67. The highest BCUT2D eigenvalue weighted by atomic mass is 16.5. The van der Waals surface area contributed by atoms with Gasteiger partial charge in [-0.25, -0.2) is 4.52 Å². The number of nitrogens with one attached hydrogen (secondary N) is 1. The number of ether oxygens (including phenoxy) is 1. The van der Waals surface area contributed by atoms with E-state index in [1.165, 1.54) is 0 Å². The Kier molecular flexibility index (Phi) is 3.70. The normalized spacial score (nSPS) is 10.8. The van der Waals surface area contributed by atoms with Gasteiger partial charge >= 0.3 is 0 Å². The molecule has 0 spiro atoms. The number of nitrogens with two attached hydrogens (primary N) is 1. The zero-order valence-corrected chi connectivity index (χ0v) is 13.7. The Morgan fingerprint density at radius 1 is 0.960 bits per heavy atom. The molecule has 4 rings (SSSR count). The van der Waals surface area contributed by atoms with Crippen LogP contribution in [-0.4, -0.2) is 21.7 Å². The number of hydrogen-bond donors (Lipinski definition) is 2. The van der Waals surface area contributed by atoms with Crippen LogP contribution in [0, 0.1) is 0 Å². The molecule has 0 bridgehead atoms. The molecule has 0 fully saturated rings. The first kappa shape index (κ1) is 15.0. The van der Waals surface area contributed by atoms with E-state index in [-0.39, 0.29) is 0 Å². The number of fused-ring (bicyclic) bond motifs is 1. The largest absolute Gasteiger partial charge is 0.495 e. The van der Waals surface area contributed by atoms with E-state index in [1.807, 2.05) is 66.9 Å². The fourth-order valence-corrected chi connectivity index (χ4v) is 2.65. The summed E-state index contributed by atoms with van der Waals surface area (Å²) in [6, 6.07) is 19.4. The average molecular weight is 331 g/mol. The van der Waals surface area contributed by atoms with E-state index in [1.54, 1.807) is 11.6 Å². The van der Waals surface area contributed by atoms with E-state index < -0.39 is 0 Å². The summed E-state index contributed by atoms with van der Waals surface area (Å²) in [7, 11) is 1.64. The molecule has 0 aliphatic rings. The number of anilines is 3. The maximum Gasteiger partial charge on any atom is 0.247 e. The van der Waals surface area contributed by atoms with Gasteiger partial charge in [0.15, 0.2) is 5.65 Å². The number of pyridine rings is 1. The van der Waals surface area contributed by atoms with E-state index in [2.05, 4.69) is 15.4 Å². The minimum atomic E-state index is 0.513. The molecule has 2 aromatic carbocycles. The van der Waals surface area contributed by atoms with Crippen molar-refractivity contribution in [2.24, 2.45) is 0 Å². The Hall–Kier alpha value is -3.54. The lowest BCUT2D eigenvalue weighted by molar-refractivity contribution is 0.417. The molecule has 6 nitrogen and oxygen atoms in total. The number of aromatic nitrogens is 3. The van der Waals surface area contributed by atoms with E-state index in [4.69, 9.17) is 10.5 Å². The molecule has 0 saturated carbocycles. The lowest BCUT2D eigenvalue weighted by Gasteiger charge is -2.07. The zero-order chi connectivity index (χ0) is 17.2. The molecule has 2 aromatic heterocycles. The van der Waals surface area contributed by atoms with Gasteiger partial charge in [-0.2, -0.15) is 4.98 Å². The molecular weight excluding hydrogens is 314 g/mol. The van der Waals surface area contributed by atoms with E-state index >= 15 is 0 Å². The van der Waals surface area contributed by atoms with Crippen LogP contribution >= 0.6 is 0 Å². The second kappa shape index (κ2) is 6.16. The van der Waals surface area contributed by atoms with Crippen molar-refractivity contribution in [1.82, 2.24) is 14.6 Å². The fraction of sp³-hybridized carbons (Fsp3) is 0.0526. The highest BCUT2D eigenvalue weighted by Gasteiger charge is 2.08. The smallest absolute Gasteiger partial charge is 0.247 e. The first-order chi connectivity index (χ1) is 12.2. The van der Waals surface area contributed by atoms with Crippen molar-refractivity contribution in [3.8, 4) is 16.9 Å². The predicted molar refractivity (Wildman–Crippen MR) is 99.1 cm³/mol. The average Bonchev–Trinajstić information content (AvgIpc) is 3.04. The molecule has 3 N–H and O–H groups in total. The first-order valence-electron chi connectivity index (χ1n) is 7.85. The SMILES string of the molecule is COc1ccccc1Nc1nc2ccc(-c3ccc(N)cc3)cn2n1. The number of hydrogen-bond acceptors (Lipinski definition) is 5. The summed E-state index contributed by atoms with van der Waals surface area (Å²) in [6.45, 7) is 0. The summed E-state index contributed by atoms with van der Waals surface area (Å²) < 4.78 is 7.10. The van der Waals surface area contributed by atoms with Gasteiger partial charge in [-0.3, -0.25) is 0 Å². The van der Waals surface area contributed by atoms with Crippen molar-refractivity contribution >= 4 is 23.0 Å². The Morgan fingerprint density at radius 3 is 2.52 bits per heavy atom. The summed E-state index contributed by atoms with van der Waals surface area (Å²) in [5.41, 5.74) is 10.2. The number of nitrogens with zero attached hydrogens (tertiary/aromatic N) is 3. The third-order valence-electron chi connectivity index (χ3n) is 3.93. The van der Waals surface area contributed by atoms with Gasteiger partial charge in [0, 0.05) is 17.4 Å². The molecule has 0 atom stereocenters. The second-order valence-corrected chi connectivity index (χ2v) is 5.60. The lowest BCUT2D eigenvalue weighted by atomic mass is 10.1. The molecule has 124 valence electrons. The van der Waals surface area contributed by atoms with Crippen LogP contribution in [0.25, 0.3) is 16.8 Å². The predicted octanol–water partition coefficient (Wildman–Crippen LogP) is 3.73. The number of methoxy groups -OCH3 is 1. The van der Waals surface area contributed by atoms with Crippen molar-refractivity contribution in [3.05, 3.63) is 66.9 Å². The van der Waals surface area contributed by atoms with Gasteiger partial charge in [-0.05, 0) is 42.0 Å². The van der Waals surface area contributed by atoms with Gasteiger partial charge in [0.05, 0.1) is 12.8 Å². The van der Waals surface area contributed by atoms with Gasteiger partial charge < -0.3 is 15.8 Å². The maximum atomic E-state index is 5.75. The van der Waals surface area contributed by atoms with Crippen molar-refractivity contribution in [1.29, 1.82) is 0 Å². The molecule has 6 heteroatoms. The molecule has 2 heterocycles. The lowest BCUT2D eigenvalue weighted by Crippen LogP contribution is -1.96. The topological polar surface area (TPSA) is 77.5 Å². The van der Waals surface area contributed by atoms with Gasteiger partial charge in [0.2, 0.25) is 5.95 Å². The Morgan fingerprint density at radius 2 is 1.72 bits per heavy atom. The maximum absolute atomic E-state index is 5.75. The minimum absolute atomic E-state index is 0.513. The van der Waals surface area contributed by atoms with Gasteiger partial charge in [-0.15, -0.1) is 5.10 Å². The van der Waals surface area contributed by atoms with Gasteiger partial charge in [0.1, 0.15) is 5.75 Å². The molecule has 0 amide bonds. The van der Waals surface area contributed by atoms with Gasteiger partial charge in [-0.1, -0.05) is 24.3 Å². The van der Waals surface area contributed by atoms with Crippen molar-refractivity contribution in [3.63, 3.8) is 0 Å². The summed E-state index contributed by atoms with van der Waals surface area (Å²) in [5.74, 6) is 1.25. The molecule has 0 saturated heterocycles. The third kappa shape index (κ3) is 2.97. The molecule has 0 unspecified atom stereocenters. The minimum Gasteiger partial charge on any atom is -0.495 e. The highest BCUT2D eigenvalue weighted by Crippen LogP contribution is 2.26. The number of nitrogen functional groups attached to an aromatic ring is 1. The molecule has 0 aliphatic heterocycles.